The van der Waals surface area contributed by atoms with Crippen LogP contribution in [0.3, 0.4) is 0 Å². The Bertz CT molecular complexity index is 391. The molecule has 0 atom stereocenters. The van der Waals surface area contributed by atoms with Gasteiger partial charge in [0.25, 0.3) is 0 Å². The highest BCUT2D eigenvalue weighted by Crippen LogP contribution is 2.17. The number of halogens is 1. The number of nitrogens with one attached hydrogen (secondary N) is 1. The third kappa shape index (κ3) is 3.17. The average Bonchev–Trinajstić information content (AvgIpc) is 2.29. The molecule has 16 heavy (non-hydrogen) atoms. The second-order valence-corrected chi connectivity index (χ2v) is 3.19. The molecule has 4 heteroatoms. The van der Waals surface area contributed by atoms with Gasteiger partial charge in [0.2, 0.25) is 0 Å². The lowest BCUT2D eigenvalue weighted by Crippen LogP contribution is -2.23. The van der Waals surface area contributed by atoms with E-state index in [0.717, 1.165) is 0 Å². The molecule has 0 heterocycles. The van der Waals surface area contributed by atoms with Crippen LogP contribution in [-0.2, 0) is 0 Å². The Morgan fingerprint density at radius 3 is 2.94 bits per heavy atom. The van der Waals surface area contributed by atoms with Gasteiger partial charge in [-0.25, -0.2) is 4.39 Å². The van der Waals surface area contributed by atoms with Crippen molar-refractivity contribution in [2.24, 2.45) is 0 Å². The number of hydrogen-bond donors (Lipinski definition) is 1. The number of carbonyl (C=O) groups excluding carboxylic acids is 1. The summed E-state index contributed by atoms with van der Waals surface area (Å²) in [5.41, 5.74) is 0.329. The lowest BCUT2D eigenvalue weighted by molar-refractivity contribution is 0.0992. The summed E-state index contributed by atoms with van der Waals surface area (Å²) < 4.78 is 18.0. The SMILES string of the molecule is C=CCNCC(=O)c1ccc(OC)c(F)c1. The minimum atomic E-state index is -0.530. The van der Waals surface area contributed by atoms with E-state index in [0.29, 0.717) is 12.1 Å². The number of carbonyl (C=O) groups is 1. The summed E-state index contributed by atoms with van der Waals surface area (Å²) >= 11 is 0. The van der Waals surface area contributed by atoms with E-state index in [-0.39, 0.29) is 18.1 Å². The quantitative estimate of drug-likeness (QED) is 0.454. The largest absolute Gasteiger partial charge is 0.494 e. The van der Waals surface area contributed by atoms with E-state index in [2.05, 4.69) is 11.9 Å². The van der Waals surface area contributed by atoms with Crippen LogP contribution in [0.1, 0.15) is 10.4 Å². The van der Waals surface area contributed by atoms with Crippen molar-refractivity contribution in [2.75, 3.05) is 20.2 Å². The maximum absolute atomic E-state index is 13.3. The van der Waals surface area contributed by atoms with Gasteiger partial charge in [0.1, 0.15) is 0 Å². The Balaban J connectivity index is 2.69. The number of methoxy groups -OCH3 is 1. The van der Waals surface area contributed by atoms with Gasteiger partial charge in [0.05, 0.1) is 13.7 Å². The fourth-order valence-electron chi connectivity index (χ4n) is 1.23. The van der Waals surface area contributed by atoms with Gasteiger partial charge < -0.3 is 10.1 Å². The van der Waals surface area contributed by atoms with Crippen LogP contribution in [0, 0.1) is 5.82 Å². The van der Waals surface area contributed by atoms with E-state index in [1.54, 1.807) is 12.1 Å². The highest BCUT2D eigenvalue weighted by molar-refractivity contribution is 5.97. The molecule has 0 unspecified atom stereocenters. The molecule has 1 aromatic carbocycles. The van der Waals surface area contributed by atoms with E-state index in [9.17, 15) is 9.18 Å². The van der Waals surface area contributed by atoms with Crippen LogP contribution in [0.5, 0.6) is 5.75 Å². The van der Waals surface area contributed by atoms with Crippen LogP contribution >= 0.6 is 0 Å². The first kappa shape index (κ1) is 12.4. The van der Waals surface area contributed by atoms with Gasteiger partial charge in [0, 0.05) is 12.1 Å². The lowest BCUT2D eigenvalue weighted by Gasteiger charge is -2.05. The van der Waals surface area contributed by atoms with E-state index in [1.807, 2.05) is 0 Å². The van der Waals surface area contributed by atoms with Gasteiger partial charge in [-0.2, -0.15) is 0 Å². The van der Waals surface area contributed by atoms with E-state index < -0.39 is 5.82 Å². The second kappa shape index (κ2) is 6.02. The maximum Gasteiger partial charge on any atom is 0.176 e. The monoisotopic (exact) mass is 223 g/mol. The summed E-state index contributed by atoms with van der Waals surface area (Å²) in [6.45, 7) is 4.23. The summed E-state index contributed by atoms with van der Waals surface area (Å²) in [5.74, 6) is -0.559. The minimum absolute atomic E-state index is 0.135. The molecule has 0 radical (unpaired) electrons. The van der Waals surface area contributed by atoms with Gasteiger partial charge in [-0.05, 0) is 18.2 Å². The molecule has 0 aromatic heterocycles. The molecule has 0 saturated heterocycles. The highest BCUT2D eigenvalue weighted by atomic mass is 19.1. The zero-order valence-electron chi connectivity index (χ0n) is 9.13. The van der Waals surface area contributed by atoms with Gasteiger partial charge in [0.15, 0.2) is 17.3 Å². The molecule has 0 saturated carbocycles. The van der Waals surface area contributed by atoms with Gasteiger partial charge in [-0.1, -0.05) is 6.08 Å². The standard InChI is InChI=1S/C12H14FNO2/c1-3-6-14-8-11(15)9-4-5-12(16-2)10(13)7-9/h3-5,7,14H,1,6,8H2,2H3. The smallest absolute Gasteiger partial charge is 0.176 e. The lowest BCUT2D eigenvalue weighted by atomic mass is 10.1. The van der Waals surface area contributed by atoms with E-state index >= 15 is 0 Å². The van der Waals surface area contributed by atoms with Crippen LogP contribution in [0.4, 0.5) is 4.39 Å². The fourth-order valence-corrected chi connectivity index (χ4v) is 1.23. The summed E-state index contributed by atoms with van der Waals surface area (Å²) in [4.78, 5) is 11.6. The van der Waals surface area contributed by atoms with E-state index in [4.69, 9.17) is 4.74 Å². The number of rotatable bonds is 6. The Labute approximate surface area is 93.9 Å². The van der Waals surface area contributed by atoms with Crippen molar-refractivity contribution in [3.63, 3.8) is 0 Å². The second-order valence-electron chi connectivity index (χ2n) is 3.19. The third-order valence-corrected chi connectivity index (χ3v) is 2.05. The summed E-state index contributed by atoms with van der Waals surface area (Å²) in [5, 5.41) is 2.86. The molecular weight excluding hydrogens is 209 g/mol. The van der Waals surface area contributed by atoms with E-state index in [1.165, 1.54) is 19.2 Å². The van der Waals surface area contributed by atoms with Crippen LogP contribution in [-0.4, -0.2) is 26.0 Å². The van der Waals surface area contributed by atoms with Crippen molar-refractivity contribution in [3.8, 4) is 5.75 Å². The van der Waals surface area contributed by atoms with Gasteiger partial charge in [-0.3, -0.25) is 4.79 Å². The van der Waals surface area contributed by atoms with Crippen LogP contribution in [0.2, 0.25) is 0 Å². The minimum Gasteiger partial charge on any atom is -0.494 e. The molecular formula is C12H14FNO2. The maximum atomic E-state index is 13.3. The first-order valence-corrected chi connectivity index (χ1v) is 4.87. The third-order valence-electron chi connectivity index (χ3n) is 2.05. The molecule has 0 spiro atoms. The summed E-state index contributed by atoms with van der Waals surface area (Å²) in [7, 11) is 1.38. The Morgan fingerprint density at radius 2 is 2.38 bits per heavy atom. The van der Waals surface area contributed by atoms with Crippen LogP contribution < -0.4 is 10.1 Å². The molecule has 0 amide bonds. The van der Waals surface area contributed by atoms with Crippen molar-refractivity contribution < 1.29 is 13.9 Å². The number of hydrogen-bond acceptors (Lipinski definition) is 3. The topological polar surface area (TPSA) is 38.3 Å². The Hall–Kier alpha value is -1.68. The number of ether oxygens (including phenoxy) is 1. The molecule has 1 N–H and O–H groups in total. The highest BCUT2D eigenvalue weighted by Gasteiger charge is 2.09. The molecule has 0 fully saturated rings. The Morgan fingerprint density at radius 1 is 1.62 bits per heavy atom. The van der Waals surface area contributed by atoms with Crippen molar-refractivity contribution in [3.05, 3.63) is 42.2 Å². The molecule has 1 rings (SSSR count). The molecule has 1 aromatic rings. The predicted molar refractivity (Wildman–Crippen MR) is 60.3 cm³/mol. The normalized spacial score (nSPS) is 9.88. The summed E-state index contributed by atoms with van der Waals surface area (Å²) in [6, 6.07) is 4.16. The average molecular weight is 223 g/mol. The molecule has 0 aliphatic heterocycles. The summed E-state index contributed by atoms with van der Waals surface area (Å²) in [6.07, 6.45) is 1.65. The molecule has 0 aliphatic rings. The van der Waals surface area contributed by atoms with Crippen molar-refractivity contribution in [1.29, 1.82) is 0 Å². The zero-order valence-corrected chi connectivity index (χ0v) is 9.13. The number of Topliss-reactive ketones (excluding diaryl/α,β-unsaturated/α-hetero) is 1. The Kier molecular flexibility index (Phi) is 4.66. The molecule has 86 valence electrons. The number of ketones is 1. The van der Waals surface area contributed by atoms with Gasteiger partial charge >= 0.3 is 0 Å². The molecule has 0 bridgehead atoms. The van der Waals surface area contributed by atoms with Crippen molar-refractivity contribution in [1.82, 2.24) is 5.32 Å². The van der Waals surface area contributed by atoms with Gasteiger partial charge in [-0.15, -0.1) is 6.58 Å². The first-order valence-electron chi connectivity index (χ1n) is 4.87. The predicted octanol–water partition coefficient (Wildman–Crippen LogP) is 1.79. The van der Waals surface area contributed by atoms with Crippen molar-refractivity contribution >= 4 is 5.78 Å². The van der Waals surface area contributed by atoms with Crippen molar-refractivity contribution in [2.45, 2.75) is 0 Å². The van der Waals surface area contributed by atoms with Crippen LogP contribution in [0.25, 0.3) is 0 Å². The first-order chi connectivity index (χ1) is 7.69. The molecule has 0 aliphatic carbocycles. The number of benzene rings is 1. The zero-order chi connectivity index (χ0) is 12.0. The molecule has 3 nitrogen and oxygen atoms in total. The van der Waals surface area contributed by atoms with Crippen LogP contribution in [0.15, 0.2) is 30.9 Å². The fraction of sp³-hybridized carbons (Fsp3) is 0.250.